The number of nitrogens with zero attached hydrogens (tertiary/aromatic N) is 2. The molecule has 0 fully saturated rings. The number of benzene rings is 1. The third kappa shape index (κ3) is 3.67. The van der Waals surface area contributed by atoms with Gasteiger partial charge >= 0.3 is 0 Å². The summed E-state index contributed by atoms with van der Waals surface area (Å²) in [7, 11) is 0. The van der Waals surface area contributed by atoms with E-state index >= 15 is 0 Å². The molecule has 20 heavy (non-hydrogen) atoms. The molecule has 1 aromatic heterocycles. The van der Waals surface area contributed by atoms with E-state index in [9.17, 15) is 4.79 Å². The molecule has 0 radical (unpaired) electrons. The lowest BCUT2D eigenvalue weighted by Gasteiger charge is -2.22. The van der Waals surface area contributed by atoms with E-state index < -0.39 is 0 Å². The first-order valence-electron chi connectivity index (χ1n) is 6.70. The maximum Gasteiger partial charge on any atom is 0.259 e. The highest BCUT2D eigenvalue weighted by molar-refractivity contribution is 9.10. The normalized spacial score (nSPS) is 10.3. The topological polar surface area (TPSA) is 33.2 Å². The van der Waals surface area contributed by atoms with E-state index in [0.717, 1.165) is 23.0 Å². The molecular formula is C16H17BrN2O. The van der Waals surface area contributed by atoms with Crippen molar-refractivity contribution in [3.63, 3.8) is 0 Å². The molecule has 0 N–H and O–H groups in total. The van der Waals surface area contributed by atoms with Crippen molar-refractivity contribution in [1.29, 1.82) is 0 Å². The van der Waals surface area contributed by atoms with Gasteiger partial charge in [-0.2, -0.15) is 0 Å². The van der Waals surface area contributed by atoms with Crippen LogP contribution in [0.4, 0.5) is 5.69 Å². The number of halogens is 1. The van der Waals surface area contributed by atoms with E-state index in [1.165, 1.54) is 0 Å². The van der Waals surface area contributed by atoms with Gasteiger partial charge < -0.3 is 4.90 Å². The minimum atomic E-state index is -0.0153. The number of unbranched alkanes of at least 4 members (excludes halogenated alkanes) is 1. The fourth-order valence-electron chi connectivity index (χ4n) is 1.96. The number of amides is 1. The molecule has 0 aliphatic carbocycles. The first kappa shape index (κ1) is 14.7. The summed E-state index contributed by atoms with van der Waals surface area (Å²) in [6.45, 7) is 2.83. The van der Waals surface area contributed by atoms with Crippen LogP contribution in [0.25, 0.3) is 0 Å². The van der Waals surface area contributed by atoms with E-state index in [2.05, 4.69) is 27.8 Å². The highest BCUT2D eigenvalue weighted by Crippen LogP contribution is 2.19. The summed E-state index contributed by atoms with van der Waals surface area (Å²) in [6.07, 6.45) is 5.31. The zero-order valence-electron chi connectivity index (χ0n) is 11.4. The number of hydrogen-bond donors (Lipinski definition) is 0. The number of aromatic nitrogens is 1. The minimum Gasteiger partial charge on any atom is -0.308 e. The molecule has 104 valence electrons. The Balaban J connectivity index is 2.29. The fraction of sp³-hybridized carbons (Fsp3) is 0.250. The summed E-state index contributed by atoms with van der Waals surface area (Å²) in [5.41, 5.74) is 1.52. The van der Waals surface area contributed by atoms with Crippen LogP contribution in [0.3, 0.4) is 0 Å². The molecule has 4 heteroatoms. The van der Waals surface area contributed by atoms with Crippen molar-refractivity contribution in [2.24, 2.45) is 0 Å². The van der Waals surface area contributed by atoms with Gasteiger partial charge in [0.15, 0.2) is 0 Å². The quantitative estimate of drug-likeness (QED) is 0.818. The van der Waals surface area contributed by atoms with Crippen molar-refractivity contribution in [2.45, 2.75) is 19.8 Å². The van der Waals surface area contributed by atoms with Gasteiger partial charge in [0.25, 0.3) is 5.91 Å². The lowest BCUT2D eigenvalue weighted by molar-refractivity contribution is 0.0986. The largest absolute Gasteiger partial charge is 0.308 e. The number of carbonyl (C=O) groups is 1. The Kier molecular flexibility index (Phi) is 5.30. The second kappa shape index (κ2) is 7.20. The molecular weight excluding hydrogens is 316 g/mol. The van der Waals surface area contributed by atoms with Crippen LogP contribution in [0.5, 0.6) is 0 Å². The number of carbonyl (C=O) groups excluding carboxylic acids is 1. The molecule has 0 unspecified atom stereocenters. The average molecular weight is 333 g/mol. The van der Waals surface area contributed by atoms with Gasteiger partial charge in [0, 0.05) is 29.1 Å². The molecule has 0 saturated carbocycles. The van der Waals surface area contributed by atoms with Crippen LogP contribution < -0.4 is 4.90 Å². The minimum absolute atomic E-state index is 0.0153. The first-order valence-corrected chi connectivity index (χ1v) is 7.49. The number of rotatable bonds is 5. The van der Waals surface area contributed by atoms with Crippen molar-refractivity contribution in [1.82, 2.24) is 4.98 Å². The summed E-state index contributed by atoms with van der Waals surface area (Å²) in [6, 6.07) is 11.6. The second-order valence-corrected chi connectivity index (χ2v) is 5.45. The van der Waals surface area contributed by atoms with E-state index in [4.69, 9.17) is 0 Å². The molecule has 0 aliphatic rings. The van der Waals surface area contributed by atoms with E-state index in [-0.39, 0.29) is 5.91 Å². The van der Waals surface area contributed by atoms with Gasteiger partial charge in [-0.1, -0.05) is 31.5 Å². The Morgan fingerprint density at radius 3 is 2.65 bits per heavy atom. The van der Waals surface area contributed by atoms with Gasteiger partial charge in [0.2, 0.25) is 0 Å². The smallest absolute Gasteiger partial charge is 0.259 e. The maximum atomic E-state index is 12.7. The molecule has 0 spiro atoms. The summed E-state index contributed by atoms with van der Waals surface area (Å²) >= 11 is 3.36. The Labute approximate surface area is 127 Å². The van der Waals surface area contributed by atoms with Crippen LogP contribution in [-0.2, 0) is 0 Å². The van der Waals surface area contributed by atoms with E-state index in [1.54, 1.807) is 18.5 Å². The van der Waals surface area contributed by atoms with Crippen molar-refractivity contribution in [3.8, 4) is 0 Å². The lowest BCUT2D eigenvalue weighted by atomic mass is 10.2. The molecule has 0 atom stereocenters. The molecule has 2 aromatic rings. The SMILES string of the molecule is CCCCN(C(=O)c1cncc(Br)c1)c1ccccc1. The summed E-state index contributed by atoms with van der Waals surface area (Å²) in [5, 5.41) is 0. The molecule has 2 rings (SSSR count). The molecule has 1 amide bonds. The molecule has 1 heterocycles. The number of anilines is 1. The van der Waals surface area contributed by atoms with Gasteiger partial charge in [-0.05, 0) is 40.5 Å². The Hall–Kier alpha value is -1.68. The third-order valence-electron chi connectivity index (χ3n) is 3.00. The van der Waals surface area contributed by atoms with Gasteiger partial charge in [0.05, 0.1) is 5.56 Å². The van der Waals surface area contributed by atoms with Crippen molar-refractivity contribution < 1.29 is 4.79 Å². The number of hydrogen-bond acceptors (Lipinski definition) is 2. The third-order valence-corrected chi connectivity index (χ3v) is 3.43. The van der Waals surface area contributed by atoms with Gasteiger partial charge in [-0.25, -0.2) is 0 Å². The lowest BCUT2D eigenvalue weighted by Crippen LogP contribution is -2.32. The van der Waals surface area contributed by atoms with E-state index in [1.807, 2.05) is 35.2 Å². The van der Waals surface area contributed by atoms with Gasteiger partial charge in [0.1, 0.15) is 0 Å². The predicted molar refractivity (Wildman–Crippen MR) is 85.0 cm³/mol. The molecule has 1 aromatic carbocycles. The van der Waals surface area contributed by atoms with Crippen LogP contribution in [-0.4, -0.2) is 17.4 Å². The number of pyridine rings is 1. The summed E-state index contributed by atoms with van der Waals surface area (Å²) in [5.74, 6) is -0.0153. The number of para-hydroxylation sites is 1. The maximum absolute atomic E-state index is 12.7. The molecule has 0 bridgehead atoms. The Bertz CT molecular complexity index is 572. The zero-order valence-corrected chi connectivity index (χ0v) is 13.0. The van der Waals surface area contributed by atoms with E-state index in [0.29, 0.717) is 12.1 Å². The zero-order chi connectivity index (χ0) is 14.4. The van der Waals surface area contributed by atoms with Crippen molar-refractivity contribution in [2.75, 3.05) is 11.4 Å². The Morgan fingerprint density at radius 1 is 1.25 bits per heavy atom. The molecule has 3 nitrogen and oxygen atoms in total. The first-order chi connectivity index (χ1) is 9.72. The standard InChI is InChI=1S/C16H17BrN2O/c1-2-3-9-19(15-7-5-4-6-8-15)16(20)13-10-14(17)12-18-11-13/h4-8,10-12H,2-3,9H2,1H3. The molecule has 0 aliphatic heterocycles. The average Bonchev–Trinajstić information content (AvgIpc) is 2.48. The summed E-state index contributed by atoms with van der Waals surface area (Å²) < 4.78 is 0.812. The Morgan fingerprint density at radius 2 is 2.00 bits per heavy atom. The van der Waals surface area contributed by atoms with Crippen LogP contribution in [0.15, 0.2) is 53.3 Å². The van der Waals surface area contributed by atoms with Gasteiger partial charge in [-0.15, -0.1) is 0 Å². The van der Waals surface area contributed by atoms with Crippen molar-refractivity contribution >= 4 is 27.5 Å². The van der Waals surface area contributed by atoms with Crippen LogP contribution in [0.2, 0.25) is 0 Å². The van der Waals surface area contributed by atoms with Crippen LogP contribution in [0.1, 0.15) is 30.1 Å². The predicted octanol–water partition coefficient (Wildman–Crippen LogP) is 4.29. The highest BCUT2D eigenvalue weighted by atomic mass is 79.9. The fourth-order valence-corrected chi connectivity index (χ4v) is 2.32. The van der Waals surface area contributed by atoms with Gasteiger partial charge in [-0.3, -0.25) is 9.78 Å². The monoisotopic (exact) mass is 332 g/mol. The van der Waals surface area contributed by atoms with Crippen LogP contribution >= 0.6 is 15.9 Å². The highest BCUT2D eigenvalue weighted by Gasteiger charge is 2.17. The van der Waals surface area contributed by atoms with Crippen molar-refractivity contribution in [3.05, 3.63) is 58.8 Å². The second-order valence-electron chi connectivity index (χ2n) is 4.54. The molecule has 0 saturated heterocycles. The summed E-state index contributed by atoms with van der Waals surface area (Å²) in [4.78, 5) is 18.5. The van der Waals surface area contributed by atoms with Crippen LogP contribution in [0, 0.1) is 0 Å².